The molecule has 3 rings (SSSR count). The van der Waals surface area contributed by atoms with Gasteiger partial charge in [-0.15, -0.1) is 0 Å². The highest BCUT2D eigenvalue weighted by molar-refractivity contribution is 6.07. The number of allylic oxidation sites excluding steroid dienone is 6. The van der Waals surface area contributed by atoms with Gasteiger partial charge in [-0.05, 0) is 37.7 Å². The second-order valence-electron chi connectivity index (χ2n) is 5.13. The van der Waals surface area contributed by atoms with Gasteiger partial charge in [0.25, 0.3) is 0 Å². The first-order valence-corrected chi connectivity index (χ1v) is 5.80. The summed E-state index contributed by atoms with van der Waals surface area (Å²) >= 11 is 0. The molecule has 1 aliphatic heterocycles. The summed E-state index contributed by atoms with van der Waals surface area (Å²) in [5.74, 6) is 1.42. The standard InChI is InChI=1S/C14H17N/c1-10-5-4-8-14(2)12-7-3-6-11(12)9-15-13(10)14/h3-5,7-8,11-12H,6,9H2,1-2H3/t11-,12-,14-/m0/s1. The van der Waals surface area contributed by atoms with E-state index in [1.165, 1.54) is 17.7 Å². The Morgan fingerprint density at radius 2 is 2.33 bits per heavy atom. The molecule has 0 fully saturated rings. The lowest BCUT2D eigenvalue weighted by Crippen LogP contribution is -2.42. The van der Waals surface area contributed by atoms with Gasteiger partial charge in [0.15, 0.2) is 0 Å². The summed E-state index contributed by atoms with van der Waals surface area (Å²) in [6.45, 7) is 5.53. The number of rotatable bonds is 0. The van der Waals surface area contributed by atoms with Crippen LogP contribution in [-0.4, -0.2) is 12.3 Å². The molecule has 0 saturated heterocycles. The molecule has 3 atom stereocenters. The fraction of sp³-hybridized carbons (Fsp3) is 0.500. The van der Waals surface area contributed by atoms with Gasteiger partial charge in [0, 0.05) is 17.7 Å². The Morgan fingerprint density at radius 3 is 3.20 bits per heavy atom. The molecule has 0 amide bonds. The summed E-state index contributed by atoms with van der Waals surface area (Å²) < 4.78 is 0. The van der Waals surface area contributed by atoms with E-state index in [0.29, 0.717) is 5.92 Å². The Morgan fingerprint density at radius 1 is 1.47 bits per heavy atom. The highest BCUT2D eigenvalue weighted by Crippen LogP contribution is 2.47. The Labute approximate surface area is 91.3 Å². The zero-order valence-corrected chi connectivity index (χ0v) is 9.40. The van der Waals surface area contributed by atoms with Crippen molar-refractivity contribution < 1.29 is 0 Å². The number of hydrogen-bond acceptors (Lipinski definition) is 1. The van der Waals surface area contributed by atoms with Crippen LogP contribution in [0.3, 0.4) is 0 Å². The van der Waals surface area contributed by atoms with Crippen LogP contribution in [0.4, 0.5) is 0 Å². The summed E-state index contributed by atoms with van der Waals surface area (Å²) in [5, 5.41) is 0. The van der Waals surface area contributed by atoms with E-state index in [1.807, 2.05) is 0 Å². The maximum absolute atomic E-state index is 4.80. The molecule has 0 aromatic heterocycles. The molecule has 1 heterocycles. The van der Waals surface area contributed by atoms with Gasteiger partial charge in [-0.1, -0.05) is 30.4 Å². The van der Waals surface area contributed by atoms with Crippen LogP contribution < -0.4 is 0 Å². The van der Waals surface area contributed by atoms with Crippen LogP contribution in [0.5, 0.6) is 0 Å². The minimum absolute atomic E-state index is 0.161. The van der Waals surface area contributed by atoms with Crippen molar-refractivity contribution in [2.24, 2.45) is 22.2 Å². The van der Waals surface area contributed by atoms with Crippen LogP contribution in [-0.2, 0) is 0 Å². The summed E-state index contributed by atoms with van der Waals surface area (Å²) in [6.07, 6.45) is 12.7. The molecule has 1 heteroatoms. The molecule has 0 spiro atoms. The topological polar surface area (TPSA) is 12.4 Å². The highest BCUT2D eigenvalue weighted by atomic mass is 14.8. The van der Waals surface area contributed by atoms with Crippen molar-refractivity contribution in [3.05, 3.63) is 36.0 Å². The Kier molecular flexibility index (Phi) is 1.79. The third-order valence-electron chi connectivity index (χ3n) is 4.14. The SMILES string of the molecule is CC1=CC=C[C@]2(C)C1=NC[C@@H]1CC=C[C@@H]12. The minimum atomic E-state index is 0.161. The Balaban J connectivity index is 2.11. The van der Waals surface area contributed by atoms with Gasteiger partial charge in [0.2, 0.25) is 0 Å². The molecule has 1 nitrogen and oxygen atoms in total. The molecule has 0 unspecified atom stereocenters. The van der Waals surface area contributed by atoms with E-state index in [0.717, 1.165) is 12.5 Å². The molecule has 15 heavy (non-hydrogen) atoms. The van der Waals surface area contributed by atoms with Crippen LogP contribution >= 0.6 is 0 Å². The molecule has 78 valence electrons. The first-order chi connectivity index (χ1) is 7.22. The smallest absolute Gasteiger partial charge is 0.0480 e. The van der Waals surface area contributed by atoms with E-state index < -0.39 is 0 Å². The molecule has 0 bridgehead atoms. The van der Waals surface area contributed by atoms with E-state index in [-0.39, 0.29) is 5.41 Å². The predicted octanol–water partition coefficient (Wildman–Crippen LogP) is 3.16. The molecule has 0 N–H and O–H groups in total. The van der Waals surface area contributed by atoms with E-state index in [4.69, 9.17) is 4.99 Å². The fourth-order valence-electron chi connectivity index (χ4n) is 3.33. The van der Waals surface area contributed by atoms with Crippen molar-refractivity contribution in [2.45, 2.75) is 20.3 Å². The van der Waals surface area contributed by atoms with Gasteiger partial charge in [-0.3, -0.25) is 4.99 Å². The Bertz CT molecular complexity index is 411. The quantitative estimate of drug-likeness (QED) is 0.531. The molecule has 3 aliphatic rings. The predicted molar refractivity (Wildman–Crippen MR) is 64.0 cm³/mol. The van der Waals surface area contributed by atoms with Gasteiger partial charge in [-0.25, -0.2) is 0 Å². The summed E-state index contributed by atoms with van der Waals surface area (Å²) in [5.41, 5.74) is 2.82. The number of hydrogen-bond donors (Lipinski definition) is 0. The zero-order valence-electron chi connectivity index (χ0n) is 9.40. The van der Waals surface area contributed by atoms with Gasteiger partial charge in [0.1, 0.15) is 0 Å². The van der Waals surface area contributed by atoms with Crippen molar-refractivity contribution in [2.75, 3.05) is 6.54 Å². The molecule has 0 aromatic rings. The minimum Gasteiger partial charge on any atom is -0.288 e. The molecular formula is C14H17N. The van der Waals surface area contributed by atoms with Crippen LogP contribution in [0.2, 0.25) is 0 Å². The lowest BCUT2D eigenvalue weighted by Gasteiger charge is -2.42. The van der Waals surface area contributed by atoms with E-state index in [2.05, 4.69) is 44.2 Å². The van der Waals surface area contributed by atoms with Gasteiger partial charge in [0.05, 0.1) is 0 Å². The molecule has 0 radical (unpaired) electrons. The summed E-state index contributed by atoms with van der Waals surface area (Å²) in [7, 11) is 0. The molecule has 0 aromatic carbocycles. The fourth-order valence-corrected chi connectivity index (χ4v) is 3.33. The van der Waals surface area contributed by atoms with Gasteiger partial charge in [-0.2, -0.15) is 0 Å². The summed E-state index contributed by atoms with van der Waals surface area (Å²) in [6, 6.07) is 0. The zero-order chi connectivity index (χ0) is 10.5. The largest absolute Gasteiger partial charge is 0.288 e. The number of nitrogens with zero attached hydrogens (tertiary/aromatic N) is 1. The van der Waals surface area contributed by atoms with Crippen molar-refractivity contribution >= 4 is 5.71 Å². The van der Waals surface area contributed by atoms with Crippen molar-refractivity contribution in [1.82, 2.24) is 0 Å². The van der Waals surface area contributed by atoms with E-state index in [9.17, 15) is 0 Å². The molecule has 2 aliphatic carbocycles. The normalized spacial score (nSPS) is 42.0. The van der Waals surface area contributed by atoms with Crippen molar-refractivity contribution in [3.8, 4) is 0 Å². The number of aliphatic imine (C=N–C) groups is 1. The number of fused-ring (bicyclic) bond motifs is 3. The van der Waals surface area contributed by atoms with E-state index >= 15 is 0 Å². The van der Waals surface area contributed by atoms with Gasteiger partial charge < -0.3 is 0 Å². The maximum Gasteiger partial charge on any atom is 0.0480 e. The third-order valence-corrected chi connectivity index (χ3v) is 4.14. The summed E-state index contributed by atoms with van der Waals surface area (Å²) in [4.78, 5) is 4.80. The van der Waals surface area contributed by atoms with Gasteiger partial charge >= 0.3 is 0 Å². The Hall–Kier alpha value is -1.11. The van der Waals surface area contributed by atoms with Crippen LogP contribution in [0.15, 0.2) is 40.9 Å². The molecular weight excluding hydrogens is 182 g/mol. The molecule has 0 saturated carbocycles. The van der Waals surface area contributed by atoms with Crippen molar-refractivity contribution in [1.29, 1.82) is 0 Å². The third kappa shape index (κ3) is 1.12. The highest BCUT2D eigenvalue weighted by Gasteiger charge is 2.45. The van der Waals surface area contributed by atoms with Crippen LogP contribution in [0.1, 0.15) is 20.3 Å². The van der Waals surface area contributed by atoms with Crippen molar-refractivity contribution in [3.63, 3.8) is 0 Å². The van der Waals surface area contributed by atoms with Crippen LogP contribution in [0, 0.1) is 17.3 Å². The first-order valence-electron chi connectivity index (χ1n) is 5.80. The average molecular weight is 199 g/mol. The first kappa shape index (κ1) is 9.14. The average Bonchev–Trinajstić information content (AvgIpc) is 2.66. The lowest BCUT2D eigenvalue weighted by molar-refractivity contribution is 0.294. The lowest BCUT2D eigenvalue weighted by atomic mass is 9.64. The van der Waals surface area contributed by atoms with Crippen LogP contribution in [0.25, 0.3) is 0 Å². The maximum atomic E-state index is 4.80. The second kappa shape index (κ2) is 2.94. The van der Waals surface area contributed by atoms with E-state index in [1.54, 1.807) is 0 Å². The second-order valence-corrected chi connectivity index (χ2v) is 5.13. The monoisotopic (exact) mass is 199 g/mol.